The zero-order valence-corrected chi connectivity index (χ0v) is 21.2. The topological polar surface area (TPSA) is 160 Å². The van der Waals surface area contributed by atoms with Crippen LogP contribution in [-0.2, 0) is 20.2 Å². The number of hydrogen-bond donors (Lipinski definition) is 3. The van der Waals surface area contributed by atoms with Crippen molar-refractivity contribution >= 4 is 20.2 Å². The third-order valence-corrected chi connectivity index (χ3v) is 3.26. The molecular weight excluding hydrogens is 356 g/mol. The molecule has 0 fully saturated rings. The fourth-order valence-electron chi connectivity index (χ4n) is 0.876. The van der Waals surface area contributed by atoms with Gasteiger partial charge in [-0.2, -0.15) is 16.8 Å². The minimum Gasteiger partial charge on any atom is -1.00 e. The average molecular weight is 368 g/mol. The van der Waals surface area contributed by atoms with Crippen LogP contribution in [0, 0.1) is 0 Å². The van der Waals surface area contributed by atoms with Gasteiger partial charge in [-0.25, -0.2) is 0 Å². The summed E-state index contributed by atoms with van der Waals surface area (Å²) in [5.41, 5.74) is 0. The fraction of sp³-hybridized carbons (Fsp3) is 0. The molecule has 8 nitrogen and oxygen atoms in total. The molecule has 0 aromatic heterocycles. The van der Waals surface area contributed by atoms with Crippen LogP contribution in [0.25, 0.3) is 0 Å². The van der Waals surface area contributed by atoms with Crippen molar-refractivity contribution in [3.05, 3.63) is 18.2 Å². The van der Waals surface area contributed by atoms with Crippen LogP contribution in [0.3, 0.4) is 0 Å². The van der Waals surface area contributed by atoms with E-state index >= 15 is 0 Å². The summed E-state index contributed by atoms with van der Waals surface area (Å²) in [5.74, 6) is -0.965. The zero-order chi connectivity index (χ0) is 11.9. The Morgan fingerprint density at radius 2 is 1.25 bits per heavy atom. The van der Waals surface area contributed by atoms with Gasteiger partial charge in [0.2, 0.25) is 0 Å². The molecule has 0 aliphatic rings. The smallest absolute Gasteiger partial charge is 1.00 e. The molecule has 0 aliphatic carbocycles. The summed E-state index contributed by atoms with van der Waals surface area (Å²) < 4.78 is 59.5. The van der Waals surface area contributed by atoms with Crippen molar-refractivity contribution < 1.29 is 160 Å². The second kappa shape index (κ2) is 13.1. The minimum atomic E-state index is -4.62. The van der Waals surface area contributed by atoms with Gasteiger partial charge in [0.1, 0.15) is 10.6 Å². The van der Waals surface area contributed by atoms with E-state index in [1.807, 2.05) is 0 Å². The molecule has 100 valence electrons. The Morgan fingerprint density at radius 1 is 0.850 bits per heavy atom. The second-order valence-electron chi connectivity index (χ2n) is 2.58. The van der Waals surface area contributed by atoms with Gasteiger partial charge in [-0.3, -0.25) is 9.11 Å². The van der Waals surface area contributed by atoms with Gasteiger partial charge in [0, 0.05) is 6.07 Å². The van der Waals surface area contributed by atoms with Gasteiger partial charge < -0.3 is 16.3 Å². The second-order valence-corrected chi connectivity index (χ2v) is 5.39. The third kappa shape index (κ3) is 10.6. The van der Waals surface area contributed by atoms with E-state index in [1.54, 1.807) is 0 Å². The first kappa shape index (κ1) is 34.2. The Kier molecular flexibility index (Phi) is 22.5. The third-order valence-electron chi connectivity index (χ3n) is 1.51. The van der Waals surface area contributed by atoms with Crippen LogP contribution in [0.2, 0.25) is 0 Å². The molecule has 0 heterocycles. The fourth-order valence-corrected chi connectivity index (χ4v) is 1.94. The van der Waals surface area contributed by atoms with Gasteiger partial charge >= 0.3 is 118 Å². The summed E-state index contributed by atoms with van der Waals surface area (Å²) in [4.78, 5) is -1.51. The largest absolute Gasteiger partial charge is 1.00 e. The van der Waals surface area contributed by atoms with Gasteiger partial charge in [0.15, 0.2) is 0 Å². The molecule has 0 saturated heterocycles. The van der Waals surface area contributed by atoms with Crippen LogP contribution in [0.1, 0.15) is 5.71 Å². The molecule has 1 aromatic carbocycles. The molecular formula is C6H12Na4O8S2. The van der Waals surface area contributed by atoms with E-state index in [9.17, 15) is 16.8 Å². The van der Waals surface area contributed by atoms with Gasteiger partial charge in [0.25, 0.3) is 20.2 Å². The van der Waals surface area contributed by atoms with Crippen LogP contribution in [0.4, 0.5) is 0 Å². The van der Waals surface area contributed by atoms with Crippen molar-refractivity contribution in [2.75, 3.05) is 0 Å². The summed E-state index contributed by atoms with van der Waals surface area (Å²) in [6.45, 7) is 0. The Hall–Kier alpha value is 2.80. The first-order valence-electron chi connectivity index (χ1n) is 3.40. The van der Waals surface area contributed by atoms with E-state index in [2.05, 4.69) is 0 Å². The monoisotopic (exact) mass is 368 g/mol. The molecule has 1 aromatic rings. The van der Waals surface area contributed by atoms with Gasteiger partial charge in [-0.05, 0) is 12.1 Å². The van der Waals surface area contributed by atoms with Gasteiger partial charge in [-0.1, -0.05) is 0 Å². The van der Waals surface area contributed by atoms with Crippen molar-refractivity contribution in [3.63, 3.8) is 0 Å². The first-order chi connectivity index (χ1) is 6.62. The van der Waals surface area contributed by atoms with E-state index in [0.717, 1.165) is 6.07 Å². The number of phenols is 1. The van der Waals surface area contributed by atoms with Crippen LogP contribution in [0.5, 0.6) is 5.75 Å². The molecule has 0 atom stereocenters. The Bertz CT molecular complexity index is 615. The maximum atomic E-state index is 10.6. The van der Waals surface area contributed by atoms with Crippen LogP contribution in [-0.4, -0.2) is 36.5 Å². The van der Waals surface area contributed by atoms with E-state index in [0.29, 0.717) is 12.1 Å². The summed E-state index contributed by atoms with van der Waals surface area (Å²) in [5, 5.41) is 9.08. The number of phenolic OH excluding ortho intramolecular Hbond substituents is 1. The summed E-state index contributed by atoms with van der Waals surface area (Å²) in [6.07, 6.45) is 0. The Morgan fingerprint density at radius 3 is 1.50 bits per heavy atom. The molecule has 1 rings (SSSR count). The average Bonchev–Trinajstić information content (AvgIpc) is 1.99. The Balaban J connectivity index is -0.0000000357. The van der Waals surface area contributed by atoms with Crippen LogP contribution >= 0.6 is 0 Å². The molecule has 0 unspecified atom stereocenters. The minimum absolute atomic E-state index is 0. The van der Waals surface area contributed by atoms with Crippen LogP contribution in [0.15, 0.2) is 28.0 Å². The maximum absolute atomic E-state index is 10.6. The molecule has 0 spiro atoms. The zero-order valence-electron chi connectivity index (χ0n) is 15.5. The SMILES string of the molecule is O.O=S(=O)(O)c1ccc(S(=O)(=O)O)c(O)c1.[H-].[H-].[H-].[H-].[Na+].[Na+].[Na+].[Na+]. The van der Waals surface area contributed by atoms with Crippen molar-refractivity contribution in [2.45, 2.75) is 9.79 Å². The number of rotatable bonds is 2. The standard InChI is InChI=1S/C6H6O7S2.4Na.H2O.4H/c7-5-3-4(14(8,9)10)1-2-6(5)15(11,12)13;;;;;;;;;/h1-3,7H,(H,8,9,10)(H,11,12,13);;;;;1H2;;;;/q;4*+1;;4*-1. The van der Waals surface area contributed by atoms with E-state index in [-0.39, 0.29) is 129 Å². The maximum Gasteiger partial charge on any atom is 1.00 e. The van der Waals surface area contributed by atoms with Gasteiger partial charge in [0.05, 0.1) is 4.90 Å². The van der Waals surface area contributed by atoms with Crippen LogP contribution < -0.4 is 118 Å². The predicted molar refractivity (Wildman–Crippen MR) is 55.8 cm³/mol. The number of benzene rings is 1. The summed E-state index contributed by atoms with van der Waals surface area (Å²) >= 11 is 0. The van der Waals surface area contributed by atoms with Gasteiger partial charge in [-0.15, -0.1) is 0 Å². The molecule has 0 saturated carbocycles. The quantitative estimate of drug-likeness (QED) is 0.345. The number of aromatic hydroxyl groups is 1. The Labute approximate surface area is 211 Å². The molecule has 0 amide bonds. The van der Waals surface area contributed by atoms with Crippen molar-refractivity contribution in [2.24, 2.45) is 0 Å². The molecule has 0 aliphatic heterocycles. The molecule has 0 radical (unpaired) electrons. The van der Waals surface area contributed by atoms with E-state index in [4.69, 9.17) is 14.2 Å². The summed E-state index contributed by atoms with van der Waals surface area (Å²) in [6, 6.07) is 1.91. The normalized spacial score (nSPS) is 9.50. The first-order valence-corrected chi connectivity index (χ1v) is 6.28. The molecule has 14 heteroatoms. The van der Waals surface area contributed by atoms with E-state index in [1.165, 1.54) is 0 Å². The number of hydrogen-bond acceptors (Lipinski definition) is 5. The summed E-state index contributed by atoms with van der Waals surface area (Å²) in [7, 11) is -9.15. The van der Waals surface area contributed by atoms with Crippen molar-refractivity contribution in [1.82, 2.24) is 0 Å². The predicted octanol–water partition coefficient (Wildman–Crippen LogP) is -12.5. The molecule has 5 N–H and O–H groups in total. The molecule has 20 heavy (non-hydrogen) atoms. The van der Waals surface area contributed by atoms with Crippen molar-refractivity contribution in [3.8, 4) is 5.75 Å². The van der Waals surface area contributed by atoms with Crippen molar-refractivity contribution in [1.29, 1.82) is 0 Å². The molecule has 0 bridgehead atoms. The van der Waals surface area contributed by atoms with E-state index < -0.39 is 35.8 Å².